The van der Waals surface area contributed by atoms with Crippen LogP contribution in [0.15, 0.2) is 18.2 Å². The van der Waals surface area contributed by atoms with E-state index >= 15 is 0 Å². The summed E-state index contributed by atoms with van der Waals surface area (Å²) in [6.45, 7) is 0. The molecule has 1 aromatic carbocycles. The van der Waals surface area contributed by atoms with Crippen LogP contribution in [0.4, 0.5) is 5.69 Å². The lowest BCUT2D eigenvalue weighted by atomic mass is 10.3. The summed E-state index contributed by atoms with van der Waals surface area (Å²) in [7, 11) is 0. The van der Waals surface area contributed by atoms with Gasteiger partial charge in [0.05, 0.1) is 11.6 Å². The van der Waals surface area contributed by atoms with Crippen molar-refractivity contribution in [3.63, 3.8) is 0 Å². The number of benzene rings is 1. The molecular formula is C9H7Cl2NOS. The van der Waals surface area contributed by atoms with Gasteiger partial charge in [-0.25, -0.2) is 0 Å². The van der Waals surface area contributed by atoms with Crippen LogP contribution in [0, 0.1) is 0 Å². The van der Waals surface area contributed by atoms with Gasteiger partial charge in [-0.15, -0.1) is 11.8 Å². The molecule has 0 atom stereocenters. The van der Waals surface area contributed by atoms with E-state index in [1.54, 1.807) is 34.9 Å². The number of rotatable bonds is 1. The number of carbonyl (C=O) groups is 1. The van der Waals surface area contributed by atoms with E-state index in [0.29, 0.717) is 21.7 Å². The molecule has 0 unspecified atom stereocenters. The lowest BCUT2D eigenvalue weighted by Gasteiger charge is -2.15. The van der Waals surface area contributed by atoms with Crippen LogP contribution >= 0.6 is 35.0 Å². The van der Waals surface area contributed by atoms with E-state index in [-0.39, 0.29) is 5.91 Å². The molecule has 1 fully saturated rings. The molecule has 5 heteroatoms. The molecule has 0 radical (unpaired) electrons. The summed E-state index contributed by atoms with van der Waals surface area (Å²) in [6.07, 6.45) is 0. The molecule has 2 rings (SSSR count). The Bertz CT molecular complexity index is 363. The summed E-state index contributed by atoms with van der Waals surface area (Å²) in [5, 5.41) is 1.11. The summed E-state index contributed by atoms with van der Waals surface area (Å²) in [6, 6.07) is 5.15. The third kappa shape index (κ3) is 2.00. The maximum atomic E-state index is 11.4. The topological polar surface area (TPSA) is 20.3 Å². The summed E-state index contributed by atoms with van der Waals surface area (Å²) in [4.78, 5) is 13.1. The van der Waals surface area contributed by atoms with Crippen LogP contribution in [0.3, 0.4) is 0 Å². The predicted molar refractivity (Wildman–Crippen MR) is 61.3 cm³/mol. The van der Waals surface area contributed by atoms with Crippen LogP contribution in [0.2, 0.25) is 10.0 Å². The Morgan fingerprint density at radius 1 is 1.21 bits per heavy atom. The molecular weight excluding hydrogens is 241 g/mol. The van der Waals surface area contributed by atoms with E-state index in [0.717, 1.165) is 5.69 Å². The van der Waals surface area contributed by atoms with E-state index in [1.165, 1.54) is 0 Å². The highest BCUT2D eigenvalue weighted by Gasteiger charge is 2.22. The minimum Gasteiger partial charge on any atom is -0.302 e. The number of hydrogen-bond donors (Lipinski definition) is 0. The van der Waals surface area contributed by atoms with Crippen molar-refractivity contribution in [2.24, 2.45) is 0 Å². The number of hydrogen-bond acceptors (Lipinski definition) is 2. The first-order valence-electron chi connectivity index (χ1n) is 4.01. The van der Waals surface area contributed by atoms with Gasteiger partial charge in [0.1, 0.15) is 0 Å². The first-order valence-corrected chi connectivity index (χ1v) is 5.92. The Balaban J connectivity index is 2.35. The van der Waals surface area contributed by atoms with Crippen LogP contribution in [-0.4, -0.2) is 17.5 Å². The molecule has 1 saturated heterocycles. The van der Waals surface area contributed by atoms with Crippen molar-refractivity contribution < 1.29 is 4.79 Å². The van der Waals surface area contributed by atoms with Crippen LogP contribution in [-0.2, 0) is 4.79 Å². The van der Waals surface area contributed by atoms with Gasteiger partial charge in [0.2, 0.25) is 5.91 Å². The van der Waals surface area contributed by atoms with Crippen LogP contribution < -0.4 is 4.90 Å². The quantitative estimate of drug-likeness (QED) is 0.761. The minimum atomic E-state index is 0.105. The summed E-state index contributed by atoms with van der Waals surface area (Å²) in [5.74, 6) is 1.31. The third-order valence-electron chi connectivity index (χ3n) is 1.91. The van der Waals surface area contributed by atoms with E-state index in [9.17, 15) is 4.79 Å². The molecule has 0 saturated carbocycles. The monoisotopic (exact) mass is 247 g/mol. The van der Waals surface area contributed by atoms with Gasteiger partial charge in [-0.3, -0.25) is 4.79 Å². The van der Waals surface area contributed by atoms with Crippen LogP contribution in [0.1, 0.15) is 0 Å². The van der Waals surface area contributed by atoms with Crippen LogP contribution in [0.25, 0.3) is 0 Å². The van der Waals surface area contributed by atoms with E-state index in [4.69, 9.17) is 23.2 Å². The molecule has 1 aliphatic rings. The van der Waals surface area contributed by atoms with Gasteiger partial charge in [0.15, 0.2) is 0 Å². The standard InChI is InChI=1S/C9H7Cl2NOS/c10-6-1-7(11)3-8(2-6)12-5-14-4-9(12)13/h1-3H,4-5H2. The third-order valence-corrected chi connectivity index (χ3v) is 3.23. The number of carbonyl (C=O) groups excluding carboxylic acids is 1. The highest BCUT2D eigenvalue weighted by molar-refractivity contribution is 8.00. The van der Waals surface area contributed by atoms with Gasteiger partial charge >= 0.3 is 0 Å². The lowest BCUT2D eigenvalue weighted by molar-refractivity contribution is -0.115. The fourth-order valence-corrected chi connectivity index (χ4v) is 2.70. The van der Waals surface area contributed by atoms with Crippen molar-refractivity contribution in [2.45, 2.75) is 0 Å². The van der Waals surface area contributed by atoms with Crippen molar-refractivity contribution in [1.29, 1.82) is 0 Å². The van der Waals surface area contributed by atoms with Gasteiger partial charge in [0.25, 0.3) is 0 Å². The molecule has 2 nitrogen and oxygen atoms in total. The second-order valence-corrected chi connectivity index (χ2v) is 4.75. The van der Waals surface area contributed by atoms with E-state index in [2.05, 4.69) is 0 Å². The normalized spacial score (nSPS) is 16.4. The molecule has 0 aromatic heterocycles. The maximum absolute atomic E-state index is 11.4. The van der Waals surface area contributed by atoms with Gasteiger partial charge in [0, 0.05) is 15.7 Å². The fourth-order valence-electron chi connectivity index (χ4n) is 1.29. The zero-order valence-corrected chi connectivity index (χ0v) is 9.49. The number of nitrogens with zero attached hydrogens (tertiary/aromatic N) is 1. The number of anilines is 1. The Morgan fingerprint density at radius 2 is 1.86 bits per heavy atom. The Labute approximate surface area is 96.2 Å². The Morgan fingerprint density at radius 3 is 2.36 bits per heavy atom. The van der Waals surface area contributed by atoms with Gasteiger partial charge in [-0.1, -0.05) is 23.2 Å². The van der Waals surface area contributed by atoms with Crippen molar-refractivity contribution in [3.8, 4) is 0 Å². The number of halogens is 2. The molecule has 0 spiro atoms. The lowest BCUT2D eigenvalue weighted by Crippen LogP contribution is -2.24. The zero-order chi connectivity index (χ0) is 10.1. The summed E-state index contributed by atoms with van der Waals surface area (Å²) in [5.41, 5.74) is 0.775. The van der Waals surface area contributed by atoms with Crippen LogP contribution in [0.5, 0.6) is 0 Å². The second-order valence-electron chi connectivity index (χ2n) is 2.93. The Kier molecular flexibility index (Phi) is 2.91. The first kappa shape index (κ1) is 10.1. The molecule has 1 aromatic rings. The minimum absolute atomic E-state index is 0.105. The Hall–Kier alpha value is -0.380. The molecule has 74 valence electrons. The zero-order valence-electron chi connectivity index (χ0n) is 7.17. The average molecular weight is 248 g/mol. The number of amides is 1. The average Bonchev–Trinajstić information content (AvgIpc) is 2.49. The molecule has 0 bridgehead atoms. The smallest absolute Gasteiger partial charge is 0.237 e. The summed E-state index contributed by atoms with van der Waals surface area (Å²) < 4.78 is 0. The molecule has 1 amide bonds. The first-order chi connectivity index (χ1) is 6.66. The molecule has 1 aliphatic heterocycles. The molecule has 0 N–H and O–H groups in total. The SMILES string of the molecule is O=C1CSCN1c1cc(Cl)cc(Cl)c1. The molecule has 1 heterocycles. The molecule has 0 aliphatic carbocycles. The van der Waals surface area contributed by atoms with Crippen molar-refractivity contribution in [1.82, 2.24) is 0 Å². The fraction of sp³-hybridized carbons (Fsp3) is 0.222. The van der Waals surface area contributed by atoms with Gasteiger partial charge < -0.3 is 4.90 Å². The highest BCUT2D eigenvalue weighted by atomic mass is 35.5. The van der Waals surface area contributed by atoms with E-state index < -0.39 is 0 Å². The highest BCUT2D eigenvalue weighted by Crippen LogP contribution is 2.29. The summed E-state index contributed by atoms with van der Waals surface area (Å²) >= 11 is 13.3. The number of thioether (sulfide) groups is 1. The van der Waals surface area contributed by atoms with Gasteiger partial charge in [-0.05, 0) is 18.2 Å². The van der Waals surface area contributed by atoms with E-state index in [1.807, 2.05) is 0 Å². The largest absolute Gasteiger partial charge is 0.302 e. The van der Waals surface area contributed by atoms with Crippen molar-refractivity contribution in [2.75, 3.05) is 16.5 Å². The maximum Gasteiger partial charge on any atom is 0.237 e. The molecule has 14 heavy (non-hydrogen) atoms. The second kappa shape index (κ2) is 4.01. The van der Waals surface area contributed by atoms with Gasteiger partial charge in [-0.2, -0.15) is 0 Å². The predicted octanol–water partition coefficient (Wildman–Crippen LogP) is 3.03. The van der Waals surface area contributed by atoms with Crippen molar-refractivity contribution in [3.05, 3.63) is 28.2 Å². The van der Waals surface area contributed by atoms with Crippen molar-refractivity contribution >= 4 is 46.6 Å².